The van der Waals surface area contributed by atoms with Crippen LogP contribution in [0.5, 0.6) is 0 Å². The molecule has 0 spiro atoms. The Hall–Kier alpha value is -0.120. The Kier molecular flexibility index (Phi) is 1.99. The number of aliphatic hydroxyl groups is 1. The molecule has 3 N–H and O–H groups in total. The Morgan fingerprint density at radius 1 is 1.70 bits per heavy atom. The van der Waals surface area contributed by atoms with E-state index in [-0.39, 0.29) is 12.0 Å². The number of aliphatic hydroxyl groups excluding tert-OH is 1. The molecule has 60 valence electrons. The van der Waals surface area contributed by atoms with Gasteiger partial charge in [-0.1, -0.05) is 13.8 Å². The van der Waals surface area contributed by atoms with Crippen molar-refractivity contribution in [2.45, 2.75) is 13.8 Å². The van der Waals surface area contributed by atoms with E-state index in [1.807, 2.05) is 0 Å². The summed E-state index contributed by atoms with van der Waals surface area (Å²) in [5, 5.41) is 10.7. The zero-order valence-corrected chi connectivity index (χ0v) is 6.67. The first-order chi connectivity index (χ1) is 4.56. The van der Waals surface area contributed by atoms with Gasteiger partial charge in [-0.25, -0.2) is 5.01 Å². The van der Waals surface area contributed by atoms with Crippen molar-refractivity contribution in [2.75, 3.05) is 19.7 Å². The smallest absolute Gasteiger partial charge is 0.0477 e. The van der Waals surface area contributed by atoms with Crippen molar-refractivity contribution >= 4 is 0 Å². The Morgan fingerprint density at radius 3 is 2.50 bits per heavy atom. The van der Waals surface area contributed by atoms with Gasteiger partial charge in [0.15, 0.2) is 0 Å². The van der Waals surface area contributed by atoms with Gasteiger partial charge in [-0.3, -0.25) is 5.84 Å². The number of rotatable bonds is 1. The summed E-state index contributed by atoms with van der Waals surface area (Å²) < 4.78 is 0. The molecule has 0 unspecified atom stereocenters. The van der Waals surface area contributed by atoms with E-state index in [0.717, 1.165) is 13.1 Å². The molecular formula is C7H16N2O. The summed E-state index contributed by atoms with van der Waals surface area (Å²) in [7, 11) is 0. The molecule has 0 bridgehead atoms. The summed E-state index contributed by atoms with van der Waals surface area (Å²) in [6, 6.07) is 0. The maximum Gasteiger partial charge on any atom is 0.0477 e. The van der Waals surface area contributed by atoms with E-state index >= 15 is 0 Å². The van der Waals surface area contributed by atoms with Gasteiger partial charge >= 0.3 is 0 Å². The van der Waals surface area contributed by atoms with Gasteiger partial charge < -0.3 is 5.11 Å². The average molecular weight is 144 g/mol. The highest BCUT2D eigenvalue weighted by molar-refractivity contribution is 4.87. The van der Waals surface area contributed by atoms with Crippen molar-refractivity contribution in [2.24, 2.45) is 17.2 Å². The van der Waals surface area contributed by atoms with E-state index in [2.05, 4.69) is 13.8 Å². The van der Waals surface area contributed by atoms with Crippen LogP contribution in [-0.2, 0) is 0 Å². The lowest BCUT2D eigenvalue weighted by Gasteiger charge is -2.23. The molecular weight excluding hydrogens is 128 g/mol. The first kappa shape index (κ1) is 7.98. The Labute approximate surface area is 61.8 Å². The minimum absolute atomic E-state index is 0.184. The largest absolute Gasteiger partial charge is 0.396 e. The summed E-state index contributed by atoms with van der Waals surface area (Å²) in [6.07, 6.45) is 0. The maximum atomic E-state index is 8.94. The van der Waals surface area contributed by atoms with Gasteiger partial charge in [-0.2, -0.15) is 0 Å². The Balaban J connectivity index is 2.58. The standard InChI is InChI=1S/C7H16N2O/c1-7(2)5-9(8)3-6(7)4-10/h6,10H,3-5,8H2,1-2H3/t6-/m1/s1. The van der Waals surface area contributed by atoms with Gasteiger partial charge in [0.25, 0.3) is 0 Å². The molecule has 3 nitrogen and oxygen atoms in total. The lowest BCUT2D eigenvalue weighted by atomic mass is 9.83. The van der Waals surface area contributed by atoms with Gasteiger partial charge in [0.2, 0.25) is 0 Å². The third-order valence-corrected chi connectivity index (χ3v) is 2.39. The molecule has 1 fully saturated rings. The topological polar surface area (TPSA) is 49.5 Å². The fourth-order valence-electron chi connectivity index (χ4n) is 1.55. The maximum absolute atomic E-state index is 8.94. The SMILES string of the molecule is CC1(C)CN(N)C[C@@H]1CO. The van der Waals surface area contributed by atoms with Crippen LogP contribution < -0.4 is 5.84 Å². The lowest BCUT2D eigenvalue weighted by Crippen LogP contribution is -2.29. The number of hydrazine groups is 1. The fourth-order valence-corrected chi connectivity index (χ4v) is 1.55. The molecule has 0 saturated carbocycles. The second-order valence-electron chi connectivity index (χ2n) is 3.80. The first-order valence-electron chi connectivity index (χ1n) is 3.67. The highest BCUT2D eigenvalue weighted by atomic mass is 16.3. The molecule has 10 heavy (non-hydrogen) atoms. The fraction of sp³-hybridized carbons (Fsp3) is 1.00. The van der Waals surface area contributed by atoms with Gasteiger partial charge in [-0.15, -0.1) is 0 Å². The lowest BCUT2D eigenvalue weighted by molar-refractivity contribution is 0.161. The minimum atomic E-state index is 0.184. The molecule has 0 aromatic rings. The normalized spacial score (nSPS) is 33.0. The van der Waals surface area contributed by atoms with E-state index in [9.17, 15) is 0 Å². The number of nitrogens with zero attached hydrogens (tertiary/aromatic N) is 1. The van der Waals surface area contributed by atoms with Crippen LogP contribution in [0.2, 0.25) is 0 Å². The van der Waals surface area contributed by atoms with Crippen molar-refractivity contribution in [3.63, 3.8) is 0 Å². The predicted octanol–water partition coefficient (Wildman–Crippen LogP) is -0.190. The van der Waals surface area contributed by atoms with Crippen LogP contribution in [0, 0.1) is 11.3 Å². The number of hydrogen-bond acceptors (Lipinski definition) is 3. The predicted molar refractivity (Wildman–Crippen MR) is 40.1 cm³/mol. The Morgan fingerprint density at radius 2 is 2.30 bits per heavy atom. The van der Waals surface area contributed by atoms with E-state index in [4.69, 9.17) is 10.9 Å². The summed E-state index contributed by atoms with van der Waals surface area (Å²) in [5.74, 6) is 5.94. The molecule has 1 aliphatic heterocycles. The molecule has 1 heterocycles. The quantitative estimate of drug-likeness (QED) is 0.501. The molecule has 1 atom stereocenters. The number of hydrogen-bond donors (Lipinski definition) is 2. The van der Waals surface area contributed by atoms with Crippen molar-refractivity contribution in [1.29, 1.82) is 0 Å². The van der Waals surface area contributed by atoms with E-state index < -0.39 is 0 Å². The molecule has 0 radical (unpaired) electrons. The first-order valence-corrected chi connectivity index (χ1v) is 3.67. The van der Waals surface area contributed by atoms with Crippen LogP contribution in [0.1, 0.15) is 13.8 Å². The molecule has 0 aromatic heterocycles. The van der Waals surface area contributed by atoms with Crippen LogP contribution in [0.25, 0.3) is 0 Å². The van der Waals surface area contributed by atoms with Crippen LogP contribution in [-0.4, -0.2) is 29.8 Å². The van der Waals surface area contributed by atoms with Crippen molar-refractivity contribution in [1.82, 2.24) is 5.01 Å². The van der Waals surface area contributed by atoms with Gasteiger partial charge in [-0.05, 0) is 5.41 Å². The second-order valence-corrected chi connectivity index (χ2v) is 3.80. The van der Waals surface area contributed by atoms with E-state index in [1.54, 1.807) is 5.01 Å². The highest BCUT2D eigenvalue weighted by Gasteiger charge is 2.37. The summed E-state index contributed by atoms with van der Waals surface area (Å²) in [4.78, 5) is 0. The van der Waals surface area contributed by atoms with Crippen molar-refractivity contribution in [3.8, 4) is 0 Å². The van der Waals surface area contributed by atoms with Crippen LogP contribution in [0.15, 0.2) is 0 Å². The van der Waals surface area contributed by atoms with Crippen molar-refractivity contribution < 1.29 is 5.11 Å². The van der Waals surface area contributed by atoms with Crippen LogP contribution in [0.3, 0.4) is 0 Å². The second kappa shape index (κ2) is 2.49. The minimum Gasteiger partial charge on any atom is -0.396 e. The third kappa shape index (κ3) is 1.31. The summed E-state index contributed by atoms with van der Waals surface area (Å²) in [5.41, 5.74) is 0.184. The third-order valence-electron chi connectivity index (χ3n) is 2.39. The summed E-state index contributed by atoms with van der Waals surface area (Å²) in [6.45, 7) is 6.24. The van der Waals surface area contributed by atoms with Gasteiger partial charge in [0.1, 0.15) is 0 Å². The average Bonchev–Trinajstić information content (AvgIpc) is 2.04. The molecule has 1 saturated heterocycles. The number of nitrogens with two attached hydrogens (primary N) is 1. The molecule has 3 heteroatoms. The molecule has 0 aromatic carbocycles. The monoisotopic (exact) mass is 144 g/mol. The molecule has 1 rings (SSSR count). The van der Waals surface area contributed by atoms with Gasteiger partial charge in [0.05, 0.1) is 0 Å². The highest BCUT2D eigenvalue weighted by Crippen LogP contribution is 2.32. The van der Waals surface area contributed by atoms with Gasteiger partial charge in [0, 0.05) is 25.6 Å². The van der Waals surface area contributed by atoms with E-state index in [1.165, 1.54) is 0 Å². The van der Waals surface area contributed by atoms with Crippen molar-refractivity contribution in [3.05, 3.63) is 0 Å². The molecule has 0 amide bonds. The van der Waals surface area contributed by atoms with Crippen LogP contribution in [0.4, 0.5) is 0 Å². The van der Waals surface area contributed by atoms with Crippen LogP contribution >= 0.6 is 0 Å². The zero-order chi connectivity index (χ0) is 7.78. The zero-order valence-electron chi connectivity index (χ0n) is 6.67. The molecule has 0 aliphatic carbocycles. The molecule has 1 aliphatic rings. The van der Waals surface area contributed by atoms with E-state index in [0.29, 0.717) is 5.92 Å². The Bertz CT molecular complexity index is 125. The summed E-state index contributed by atoms with van der Waals surface area (Å²) >= 11 is 0.